The molecule has 0 unspecified atom stereocenters. The lowest BCUT2D eigenvalue weighted by Gasteiger charge is -2.11. The van der Waals surface area contributed by atoms with E-state index in [1.54, 1.807) is 17.5 Å². The molecule has 116 valence electrons. The highest BCUT2D eigenvalue weighted by Gasteiger charge is 2.05. The van der Waals surface area contributed by atoms with Gasteiger partial charge in [0.1, 0.15) is 0 Å². The van der Waals surface area contributed by atoms with Crippen LogP contribution < -0.4 is 10.1 Å². The number of hydrogen-bond acceptors (Lipinski definition) is 5. The highest BCUT2D eigenvalue weighted by molar-refractivity contribution is 7.23. The lowest BCUT2D eigenvalue weighted by atomic mass is 10.1. The Balaban J connectivity index is 1.80. The van der Waals surface area contributed by atoms with Crippen LogP contribution in [0.1, 0.15) is 5.56 Å². The molecule has 3 rings (SSSR count). The summed E-state index contributed by atoms with van der Waals surface area (Å²) < 4.78 is 1.28. The molecule has 6 heteroatoms. The van der Waals surface area contributed by atoms with Crippen LogP contribution in [-0.4, -0.2) is 36.8 Å². The van der Waals surface area contributed by atoms with Gasteiger partial charge in [-0.05, 0) is 48.7 Å². The molecule has 1 N–H and O–H groups in total. The molecule has 0 aliphatic heterocycles. The summed E-state index contributed by atoms with van der Waals surface area (Å²) in [6.07, 6.45) is 1.80. The molecule has 0 aliphatic carbocycles. The van der Waals surface area contributed by atoms with Crippen LogP contribution >= 0.6 is 11.3 Å². The minimum atomic E-state index is 0.621. The average Bonchev–Trinajstić information content (AvgIpc) is 2.94. The van der Waals surface area contributed by atoms with Crippen molar-refractivity contribution in [2.45, 2.75) is 6.54 Å². The molecule has 23 heavy (non-hydrogen) atoms. The second-order valence-corrected chi connectivity index (χ2v) is 7.03. The summed E-state index contributed by atoms with van der Waals surface area (Å²) in [4.78, 5) is 12.3. The normalized spacial score (nSPS) is 10.9. The Morgan fingerprint density at radius 2 is 2.04 bits per heavy atom. The van der Waals surface area contributed by atoms with Crippen molar-refractivity contribution in [2.75, 3.05) is 19.4 Å². The number of nitrogens with zero attached hydrogens (tertiary/aromatic N) is 3. The van der Waals surface area contributed by atoms with Gasteiger partial charge in [0.05, 0.1) is 10.6 Å². The van der Waals surface area contributed by atoms with E-state index in [-0.39, 0.29) is 0 Å². The Kier molecular flexibility index (Phi) is 4.74. The lowest BCUT2D eigenvalue weighted by molar-refractivity contribution is 0.402. The number of aromatic nitrogens is 2. The van der Waals surface area contributed by atoms with E-state index in [9.17, 15) is 0 Å². The third-order valence-corrected chi connectivity index (χ3v) is 4.35. The first-order valence-corrected chi connectivity index (χ1v) is 8.32. The van der Waals surface area contributed by atoms with Gasteiger partial charge >= 0.3 is 0 Å². The van der Waals surface area contributed by atoms with Gasteiger partial charge in [0.25, 0.3) is 0 Å². The van der Waals surface area contributed by atoms with Gasteiger partial charge in [0, 0.05) is 18.4 Å². The topological polar surface area (TPSA) is 41.1 Å². The van der Waals surface area contributed by atoms with E-state index in [0.29, 0.717) is 5.95 Å². The molecule has 0 saturated heterocycles. The lowest BCUT2D eigenvalue weighted by Crippen LogP contribution is -2.10. The van der Waals surface area contributed by atoms with Crippen molar-refractivity contribution in [1.82, 2.24) is 14.9 Å². The first-order chi connectivity index (χ1) is 11.1. The highest BCUT2D eigenvalue weighted by atomic mass is 32.1. The number of rotatable bonds is 5. The van der Waals surface area contributed by atoms with Crippen molar-refractivity contribution >= 4 is 35.6 Å². The fraction of sp³-hybridized carbons (Fsp3) is 0.176. The largest absolute Gasteiger partial charge is 0.324 e. The number of benzene rings is 1. The molecule has 2 heterocycles. The van der Waals surface area contributed by atoms with Crippen LogP contribution in [0.4, 0.5) is 11.6 Å². The molecule has 2 aromatic heterocycles. The first kappa shape index (κ1) is 15.7. The van der Waals surface area contributed by atoms with E-state index in [1.165, 1.54) is 10.3 Å². The van der Waals surface area contributed by atoms with Crippen LogP contribution in [0.2, 0.25) is 0 Å². The molecule has 0 fully saturated rings. The summed E-state index contributed by atoms with van der Waals surface area (Å²) >= 11 is 1.74. The van der Waals surface area contributed by atoms with Crippen LogP contribution in [0.3, 0.4) is 0 Å². The Morgan fingerprint density at radius 1 is 1.17 bits per heavy atom. The maximum Gasteiger partial charge on any atom is 0.227 e. The zero-order chi connectivity index (χ0) is 16.2. The molecule has 4 nitrogen and oxygen atoms in total. The summed E-state index contributed by atoms with van der Waals surface area (Å²) in [5.41, 5.74) is 3.21. The predicted molar refractivity (Wildman–Crippen MR) is 101 cm³/mol. The standard InChI is InChI=1S/C17H19BN4S/c1-22(2)11-12-4-3-5-13(10-12)20-17-19-9-8-14(21-17)15-6-7-16(18)23-15/h3-10H,11,18H2,1-2H3,(H,19,20,21). The van der Waals surface area contributed by atoms with Crippen molar-refractivity contribution in [3.63, 3.8) is 0 Å². The van der Waals surface area contributed by atoms with Gasteiger partial charge in [0.15, 0.2) is 7.85 Å². The summed E-state index contributed by atoms with van der Waals surface area (Å²) in [7, 11) is 6.23. The van der Waals surface area contributed by atoms with E-state index >= 15 is 0 Å². The number of thiophene rings is 1. The van der Waals surface area contributed by atoms with E-state index in [1.807, 2.05) is 18.2 Å². The van der Waals surface area contributed by atoms with Crippen molar-refractivity contribution in [2.24, 2.45) is 0 Å². The zero-order valence-corrected chi connectivity index (χ0v) is 14.4. The summed E-state index contributed by atoms with van der Waals surface area (Å²) in [6, 6.07) is 14.5. The van der Waals surface area contributed by atoms with Crippen LogP contribution in [0.25, 0.3) is 10.6 Å². The summed E-state index contributed by atoms with van der Waals surface area (Å²) in [5, 5.41) is 3.30. The van der Waals surface area contributed by atoms with Gasteiger partial charge in [-0.2, -0.15) is 0 Å². The minimum absolute atomic E-state index is 0.621. The van der Waals surface area contributed by atoms with Crippen molar-refractivity contribution in [3.8, 4) is 10.6 Å². The molecule has 0 saturated carbocycles. The van der Waals surface area contributed by atoms with Gasteiger partial charge in [-0.3, -0.25) is 0 Å². The number of hydrogen-bond donors (Lipinski definition) is 1. The Morgan fingerprint density at radius 3 is 2.78 bits per heavy atom. The van der Waals surface area contributed by atoms with Crippen LogP contribution in [0, 0.1) is 0 Å². The minimum Gasteiger partial charge on any atom is -0.324 e. The van der Waals surface area contributed by atoms with Crippen LogP contribution in [-0.2, 0) is 6.54 Å². The fourth-order valence-electron chi connectivity index (χ4n) is 2.37. The van der Waals surface area contributed by atoms with Gasteiger partial charge in [-0.25, -0.2) is 9.97 Å². The first-order valence-electron chi connectivity index (χ1n) is 7.51. The van der Waals surface area contributed by atoms with E-state index < -0.39 is 0 Å². The van der Waals surface area contributed by atoms with E-state index in [4.69, 9.17) is 0 Å². The maximum absolute atomic E-state index is 4.62. The third kappa shape index (κ3) is 4.18. The monoisotopic (exact) mass is 322 g/mol. The molecule has 0 atom stereocenters. The summed E-state index contributed by atoms with van der Waals surface area (Å²) in [6.45, 7) is 0.908. The third-order valence-electron chi connectivity index (χ3n) is 3.33. The van der Waals surface area contributed by atoms with Crippen LogP contribution in [0.15, 0.2) is 48.7 Å². The number of anilines is 2. The summed E-state index contributed by atoms with van der Waals surface area (Å²) in [5.74, 6) is 0.621. The van der Waals surface area contributed by atoms with Gasteiger partial charge in [-0.1, -0.05) is 18.2 Å². The molecule has 0 spiro atoms. The van der Waals surface area contributed by atoms with Crippen LogP contribution in [0.5, 0.6) is 0 Å². The molecule has 0 radical (unpaired) electrons. The fourth-order valence-corrected chi connectivity index (χ4v) is 3.21. The molecular weight excluding hydrogens is 303 g/mol. The average molecular weight is 322 g/mol. The van der Waals surface area contributed by atoms with Gasteiger partial charge in [-0.15, -0.1) is 11.3 Å². The molecule has 1 aromatic carbocycles. The van der Waals surface area contributed by atoms with Gasteiger partial charge in [0.2, 0.25) is 5.95 Å². The smallest absolute Gasteiger partial charge is 0.227 e. The van der Waals surface area contributed by atoms with E-state index in [0.717, 1.165) is 22.8 Å². The number of nitrogens with one attached hydrogen (secondary N) is 1. The predicted octanol–water partition coefficient (Wildman–Crippen LogP) is 2.27. The van der Waals surface area contributed by atoms with Crippen molar-refractivity contribution in [1.29, 1.82) is 0 Å². The van der Waals surface area contributed by atoms with Gasteiger partial charge < -0.3 is 10.2 Å². The second-order valence-electron chi connectivity index (χ2n) is 5.74. The Labute approximate surface area is 141 Å². The SMILES string of the molecule is Bc1ccc(-c2ccnc(Nc3cccc(CN(C)C)c3)n2)s1. The van der Waals surface area contributed by atoms with Crippen molar-refractivity contribution in [3.05, 3.63) is 54.2 Å². The molecular formula is C17H19BN4S. The quantitative estimate of drug-likeness (QED) is 0.732. The zero-order valence-electron chi connectivity index (χ0n) is 13.6. The molecule has 3 aromatic rings. The molecule has 0 amide bonds. The molecule has 0 aliphatic rings. The van der Waals surface area contributed by atoms with E-state index in [2.05, 4.69) is 66.4 Å². The second kappa shape index (κ2) is 6.94. The Bertz CT molecular complexity index is 801. The Hall–Kier alpha value is -2.18. The maximum atomic E-state index is 4.62. The molecule has 0 bridgehead atoms. The highest BCUT2D eigenvalue weighted by Crippen LogP contribution is 2.22. The van der Waals surface area contributed by atoms with Crippen molar-refractivity contribution < 1.29 is 0 Å².